The van der Waals surface area contributed by atoms with Gasteiger partial charge < -0.3 is 20.4 Å². The first kappa shape index (κ1) is 13.4. The van der Waals surface area contributed by atoms with E-state index in [-0.39, 0.29) is 11.5 Å². The molecule has 1 aromatic heterocycles. The van der Waals surface area contributed by atoms with Crippen LogP contribution in [-0.2, 0) is 4.74 Å². The first-order chi connectivity index (χ1) is 8.24. The minimum atomic E-state index is -0.282. The number of hydrogen-bond acceptors (Lipinski definition) is 4. The average molecular weight is 239 g/mol. The maximum atomic E-state index is 11.6. The standard InChI is InChI=1S/C11H17N3O3/c1-17-7-6-12-4-5-14-11(16)9-2-3-13-10(15)8-9/h2-3,8,12H,4-7H2,1H3,(H,13,15)(H,14,16). The third-order valence-electron chi connectivity index (χ3n) is 2.11. The molecule has 0 fully saturated rings. The van der Waals surface area contributed by atoms with Gasteiger partial charge in [0.15, 0.2) is 0 Å². The normalized spacial score (nSPS) is 10.2. The molecule has 3 N–H and O–H groups in total. The molecule has 17 heavy (non-hydrogen) atoms. The predicted molar refractivity (Wildman–Crippen MR) is 64.1 cm³/mol. The lowest BCUT2D eigenvalue weighted by Crippen LogP contribution is -2.33. The highest BCUT2D eigenvalue weighted by Crippen LogP contribution is 1.91. The summed E-state index contributed by atoms with van der Waals surface area (Å²) in [4.78, 5) is 25.0. The van der Waals surface area contributed by atoms with Crippen LogP contribution in [0, 0.1) is 0 Å². The molecule has 0 atom stereocenters. The van der Waals surface area contributed by atoms with Crippen molar-refractivity contribution in [1.82, 2.24) is 15.6 Å². The Hall–Kier alpha value is -1.66. The second-order valence-corrected chi connectivity index (χ2v) is 3.44. The summed E-state index contributed by atoms with van der Waals surface area (Å²) < 4.78 is 4.86. The minimum absolute atomic E-state index is 0.246. The predicted octanol–water partition coefficient (Wildman–Crippen LogP) is -0.659. The number of nitrogens with one attached hydrogen (secondary N) is 3. The van der Waals surface area contributed by atoms with Crippen molar-refractivity contribution in [2.45, 2.75) is 0 Å². The number of rotatable bonds is 7. The van der Waals surface area contributed by atoms with Crippen molar-refractivity contribution in [3.63, 3.8) is 0 Å². The number of methoxy groups -OCH3 is 1. The van der Waals surface area contributed by atoms with Gasteiger partial charge in [-0.1, -0.05) is 0 Å². The molecule has 0 aromatic carbocycles. The highest BCUT2D eigenvalue weighted by molar-refractivity contribution is 5.93. The molecule has 94 valence electrons. The molecule has 0 spiro atoms. The Labute approximate surface area is 99.4 Å². The number of amides is 1. The highest BCUT2D eigenvalue weighted by atomic mass is 16.5. The lowest BCUT2D eigenvalue weighted by atomic mass is 10.2. The molecule has 1 aromatic rings. The van der Waals surface area contributed by atoms with Gasteiger partial charge in [0.2, 0.25) is 5.56 Å². The molecule has 6 heteroatoms. The summed E-state index contributed by atoms with van der Waals surface area (Å²) >= 11 is 0. The third-order valence-corrected chi connectivity index (χ3v) is 2.11. The van der Waals surface area contributed by atoms with Crippen LogP contribution in [0.1, 0.15) is 10.4 Å². The van der Waals surface area contributed by atoms with Crippen molar-refractivity contribution in [3.05, 3.63) is 34.2 Å². The van der Waals surface area contributed by atoms with E-state index in [1.165, 1.54) is 12.3 Å². The molecule has 0 unspecified atom stereocenters. The fraction of sp³-hybridized carbons (Fsp3) is 0.455. The van der Waals surface area contributed by atoms with E-state index < -0.39 is 0 Å². The van der Waals surface area contributed by atoms with Crippen molar-refractivity contribution in [1.29, 1.82) is 0 Å². The Morgan fingerprint density at radius 3 is 2.94 bits per heavy atom. The second-order valence-electron chi connectivity index (χ2n) is 3.44. The van der Waals surface area contributed by atoms with Gasteiger partial charge in [-0.05, 0) is 6.07 Å². The van der Waals surface area contributed by atoms with Gasteiger partial charge in [-0.15, -0.1) is 0 Å². The third kappa shape index (κ3) is 5.28. The first-order valence-corrected chi connectivity index (χ1v) is 5.40. The molecule has 0 radical (unpaired) electrons. The maximum Gasteiger partial charge on any atom is 0.251 e. The average Bonchev–Trinajstić information content (AvgIpc) is 2.33. The van der Waals surface area contributed by atoms with Crippen LogP contribution in [0.15, 0.2) is 23.1 Å². The van der Waals surface area contributed by atoms with Gasteiger partial charge in [-0.3, -0.25) is 9.59 Å². The van der Waals surface area contributed by atoms with E-state index in [9.17, 15) is 9.59 Å². The Morgan fingerprint density at radius 2 is 2.24 bits per heavy atom. The quantitative estimate of drug-likeness (QED) is 0.552. The molecule has 1 amide bonds. The number of carbonyl (C=O) groups excluding carboxylic acids is 1. The number of carbonyl (C=O) groups is 1. The maximum absolute atomic E-state index is 11.6. The van der Waals surface area contributed by atoms with Crippen LogP contribution in [0.4, 0.5) is 0 Å². The number of hydrogen-bond donors (Lipinski definition) is 3. The summed E-state index contributed by atoms with van der Waals surface area (Å²) in [6, 6.07) is 2.84. The Morgan fingerprint density at radius 1 is 1.41 bits per heavy atom. The van der Waals surface area contributed by atoms with Crippen LogP contribution in [0.25, 0.3) is 0 Å². The molecule has 0 saturated heterocycles. The van der Waals surface area contributed by atoms with Crippen LogP contribution >= 0.6 is 0 Å². The molecule has 0 saturated carbocycles. The fourth-order valence-corrected chi connectivity index (χ4v) is 1.25. The van der Waals surface area contributed by atoms with E-state index in [2.05, 4.69) is 15.6 Å². The molecule has 0 bridgehead atoms. The van der Waals surface area contributed by atoms with E-state index in [0.717, 1.165) is 6.54 Å². The number of ether oxygens (including phenoxy) is 1. The van der Waals surface area contributed by atoms with Crippen LogP contribution in [0.3, 0.4) is 0 Å². The molecular weight excluding hydrogens is 222 g/mol. The molecule has 1 rings (SSSR count). The van der Waals surface area contributed by atoms with Gasteiger partial charge in [0.1, 0.15) is 0 Å². The number of aromatic amines is 1. The van der Waals surface area contributed by atoms with Crippen molar-refractivity contribution < 1.29 is 9.53 Å². The molecule has 0 aliphatic rings. The number of pyridine rings is 1. The molecular formula is C11H17N3O3. The Bertz CT molecular complexity index is 403. The van der Waals surface area contributed by atoms with Gasteiger partial charge in [-0.25, -0.2) is 0 Å². The van der Waals surface area contributed by atoms with Crippen molar-refractivity contribution in [3.8, 4) is 0 Å². The minimum Gasteiger partial charge on any atom is -0.383 e. The molecule has 0 aliphatic heterocycles. The largest absolute Gasteiger partial charge is 0.383 e. The van der Waals surface area contributed by atoms with Gasteiger partial charge in [-0.2, -0.15) is 0 Å². The number of aromatic nitrogens is 1. The number of H-pyrrole nitrogens is 1. The van der Waals surface area contributed by atoms with E-state index in [4.69, 9.17) is 4.74 Å². The SMILES string of the molecule is COCCNCCNC(=O)c1cc[nH]c(=O)c1. The van der Waals surface area contributed by atoms with Crippen LogP contribution in [0.5, 0.6) is 0 Å². The second kappa shape index (κ2) is 7.59. The van der Waals surface area contributed by atoms with Gasteiger partial charge in [0.05, 0.1) is 6.61 Å². The van der Waals surface area contributed by atoms with E-state index in [1.54, 1.807) is 13.2 Å². The zero-order chi connectivity index (χ0) is 12.5. The lowest BCUT2D eigenvalue weighted by Gasteiger charge is -2.06. The van der Waals surface area contributed by atoms with Crippen LogP contribution < -0.4 is 16.2 Å². The van der Waals surface area contributed by atoms with E-state index >= 15 is 0 Å². The summed E-state index contributed by atoms with van der Waals surface area (Å²) in [5, 5.41) is 5.80. The van der Waals surface area contributed by atoms with Crippen LogP contribution in [0.2, 0.25) is 0 Å². The zero-order valence-electron chi connectivity index (χ0n) is 9.79. The topological polar surface area (TPSA) is 83.2 Å². The van der Waals surface area contributed by atoms with Crippen molar-refractivity contribution >= 4 is 5.91 Å². The molecule has 0 aliphatic carbocycles. The summed E-state index contributed by atoms with van der Waals surface area (Å²) in [7, 11) is 1.64. The summed E-state index contributed by atoms with van der Waals surface area (Å²) in [6.45, 7) is 2.56. The van der Waals surface area contributed by atoms with Crippen LogP contribution in [-0.4, -0.2) is 44.2 Å². The van der Waals surface area contributed by atoms with E-state index in [0.29, 0.717) is 25.3 Å². The molecule has 1 heterocycles. The van der Waals surface area contributed by atoms with Crippen molar-refractivity contribution in [2.75, 3.05) is 33.4 Å². The monoisotopic (exact) mass is 239 g/mol. The smallest absolute Gasteiger partial charge is 0.251 e. The van der Waals surface area contributed by atoms with Gasteiger partial charge in [0, 0.05) is 44.6 Å². The van der Waals surface area contributed by atoms with Gasteiger partial charge in [0.25, 0.3) is 5.91 Å². The zero-order valence-corrected chi connectivity index (χ0v) is 9.79. The van der Waals surface area contributed by atoms with Gasteiger partial charge >= 0.3 is 0 Å². The summed E-state index contributed by atoms with van der Waals surface area (Å²) in [6.07, 6.45) is 1.45. The Kier molecular flexibility index (Phi) is 5.98. The fourth-order valence-electron chi connectivity index (χ4n) is 1.25. The summed E-state index contributed by atoms with van der Waals surface area (Å²) in [5.74, 6) is -0.246. The lowest BCUT2D eigenvalue weighted by molar-refractivity contribution is 0.0953. The highest BCUT2D eigenvalue weighted by Gasteiger charge is 2.04. The van der Waals surface area contributed by atoms with Crippen molar-refractivity contribution in [2.24, 2.45) is 0 Å². The summed E-state index contributed by atoms with van der Waals surface area (Å²) in [5.41, 5.74) is 0.0847. The molecule has 6 nitrogen and oxygen atoms in total. The first-order valence-electron chi connectivity index (χ1n) is 5.40. The van der Waals surface area contributed by atoms with E-state index in [1.807, 2.05) is 0 Å². The Balaban J connectivity index is 2.24.